The third-order valence-electron chi connectivity index (χ3n) is 13.0. The number of hydrogen-bond donors (Lipinski definition) is 0. The van der Waals surface area contributed by atoms with Gasteiger partial charge in [0.1, 0.15) is 12.2 Å². The van der Waals surface area contributed by atoms with Crippen LogP contribution >= 0.6 is 0 Å². The molecule has 0 spiro atoms. The molecular weight excluding hydrogens is 505 g/mol. The number of guanidine groups is 1. The molecular formula is C35H42BN3O2. The molecule has 10 rings (SSSR count). The molecule has 2 aromatic carbocycles. The summed E-state index contributed by atoms with van der Waals surface area (Å²) in [5.74, 6) is 6.19. The van der Waals surface area contributed by atoms with E-state index in [4.69, 9.17) is 14.5 Å². The van der Waals surface area contributed by atoms with Crippen molar-refractivity contribution in [3.8, 4) is 11.5 Å². The Morgan fingerprint density at radius 3 is 2.27 bits per heavy atom. The summed E-state index contributed by atoms with van der Waals surface area (Å²) < 4.78 is 13.5. The second-order valence-electron chi connectivity index (χ2n) is 14.6. The molecule has 0 N–H and O–H groups in total. The predicted molar refractivity (Wildman–Crippen MR) is 162 cm³/mol. The summed E-state index contributed by atoms with van der Waals surface area (Å²) in [6.07, 6.45) is 14.7. The van der Waals surface area contributed by atoms with Gasteiger partial charge in [-0.25, -0.2) is 4.99 Å². The van der Waals surface area contributed by atoms with Crippen molar-refractivity contribution in [2.45, 2.75) is 125 Å². The van der Waals surface area contributed by atoms with Gasteiger partial charge in [0.05, 0.1) is 12.1 Å². The molecule has 2 aromatic rings. The van der Waals surface area contributed by atoms with E-state index >= 15 is 0 Å². The smallest absolute Gasteiger partial charge is 0.198 e. The SMILES string of the molecule is c1ccc(B2C3CC4Oc5ccccc5OC4CC3N3C4=NC5CCCCC5N4C4CCCC5CCC2C3C54)cc1. The minimum absolute atomic E-state index is 0.111. The second kappa shape index (κ2) is 8.94. The van der Waals surface area contributed by atoms with Gasteiger partial charge in [0.15, 0.2) is 24.2 Å². The molecule has 0 aromatic heterocycles. The van der Waals surface area contributed by atoms with Crippen LogP contribution in [0, 0.1) is 11.8 Å². The lowest BCUT2D eigenvalue weighted by Crippen LogP contribution is -2.77. The van der Waals surface area contributed by atoms with E-state index in [1.54, 1.807) is 5.46 Å². The highest BCUT2D eigenvalue weighted by atomic mass is 16.6. The molecule has 0 amide bonds. The zero-order valence-electron chi connectivity index (χ0n) is 24.1. The molecule has 8 aliphatic rings. The highest BCUT2D eigenvalue weighted by Crippen LogP contribution is 2.60. The van der Waals surface area contributed by atoms with Crippen LogP contribution in [0.1, 0.15) is 70.6 Å². The van der Waals surface area contributed by atoms with Crippen molar-refractivity contribution < 1.29 is 9.47 Å². The van der Waals surface area contributed by atoms with E-state index < -0.39 is 0 Å². The Bertz CT molecular complexity index is 1370. The zero-order valence-corrected chi connectivity index (χ0v) is 24.1. The second-order valence-corrected chi connectivity index (χ2v) is 14.6. The van der Waals surface area contributed by atoms with Crippen molar-refractivity contribution in [2.75, 3.05) is 0 Å². The lowest BCUT2D eigenvalue weighted by molar-refractivity contribution is -0.0805. The van der Waals surface area contributed by atoms with Gasteiger partial charge < -0.3 is 19.3 Å². The first-order chi connectivity index (χ1) is 20.3. The van der Waals surface area contributed by atoms with Crippen molar-refractivity contribution in [3.05, 3.63) is 54.6 Å². The average molecular weight is 548 g/mol. The summed E-state index contributed by atoms with van der Waals surface area (Å²) in [5.41, 5.74) is 1.57. The Morgan fingerprint density at radius 1 is 0.659 bits per heavy atom. The molecule has 6 heteroatoms. The van der Waals surface area contributed by atoms with Crippen LogP contribution in [-0.2, 0) is 0 Å². The van der Waals surface area contributed by atoms with Gasteiger partial charge in [0.25, 0.3) is 0 Å². The maximum atomic E-state index is 6.77. The number of hydrogen-bond acceptors (Lipinski definition) is 5. The molecule has 2 saturated heterocycles. The molecule has 4 saturated carbocycles. The van der Waals surface area contributed by atoms with Gasteiger partial charge in [-0.15, -0.1) is 0 Å². The normalized spacial score (nSPS) is 43.2. The van der Waals surface area contributed by atoms with E-state index in [0.29, 0.717) is 48.6 Å². The van der Waals surface area contributed by atoms with Crippen LogP contribution in [0.4, 0.5) is 0 Å². The third-order valence-corrected chi connectivity index (χ3v) is 13.0. The van der Waals surface area contributed by atoms with E-state index in [-0.39, 0.29) is 12.2 Å². The topological polar surface area (TPSA) is 37.3 Å². The summed E-state index contributed by atoms with van der Waals surface area (Å²) in [5, 5.41) is 0. The van der Waals surface area contributed by atoms with Gasteiger partial charge in [-0.2, -0.15) is 0 Å². The number of benzene rings is 2. The quantitative estimate of drug-likeness (QED) is 0.426. The van der Waals surface area contributed by atoms with Crippen LogP contribution in [0.2, 0.25) is 11.6 Å². The van der Waals surface area contributed by atoms with Crippen molar-refractivity contribution >= 4 is 18.1 Å². The Balaban J connectivity index is 1.12. The maximum Gasteiger partial charge on any atom is 0.198 e. The largest absolute Gasteiger partial charge is 0.483 e. The van der Waals surface area contributed by atoms with Crippen LogP contribution in [0.15, 0.2) is 59.6 Å². The van der Waals surface area contributed by atoms with Gasteiger partial charge in [-0.3, -0.25) is 0 Å². The van der Waals surface area contributed by atoms with E-state index in [0.717, 1.165) is 36.2 Å². The molecule has 41 heavy (non-hydrogen) atoms. The first-order valence-electron chi connectivity index (χ1n) is 17.0. The molecule has 11 atom stereocenters. The minimum Gasteiger partial charge on any atom is -0.483 e. The van der Waals surface area contributed by atoms with Crippen molar-refractivity contribution in [3.63, 3.8) is 0 Å². The fourth-order valence-corrected chi connectivity index (χ4v) is 11.7. The number of nitrogens with zero attached hydrogens (tertiary/aromatic N) is 3. The summed E-state index contributed by atoms with van der Waals surface area (Å²) in [7, 11) is 0. The Kier molecular flexibility index (Phi) is 5.21. The monoisotopic (exact) mass is 547 g/mol. The summed E-state index contributed by atoms with van der Waals surface area (Å²) in [4.78, 5) is 11.7. The molecule has 4 aliphatic heterocycles. The predicted octanol–water partition coefficient (Wildman–Crippen LogP) is 5.76. The van der Waals surface area contributed by atoms with Crippen LogP contribution in [0.5, 0.6) is 11.5 Å². The van der Waals surface area contributed by atoms with Gasteiger partial charge >= 0.3 is 0 Å². The van der Waals surface area contributed by atoms with Gasteiger partial charge in [-0.05, 0) is 61.8 Å². The first kappa shape index (κ1) is 23.9. The highest BCUT2D eigenvalue weighted by molar-refractivity contribution is 6.76. The van der Waals surface area contributed by atoms with Gasteiger partial charge in [-0.1, -0.05) is 80.0 Å². The third kappa shape index (κ3) is 3.34. The highest BCUT2D eigenvalue weighted by Gasteiger charge is 2.66. The van der Waals surface area contributed by atoms with Crippen LogP contribution < -0.4 is 14.9 Å². The molecule has 4 heterocycles. The maximum absolute atomic E-state index is 6.77. The summed E-state index contributed by atoms with van der Waals surface area (Å²) >= 11 is 0. The molecule has 0 radical (unpaired) electrons. The van der Waals surface area contributed by atoms with Gasteiger partial charge in [0.2, 0.25) is 0 Å². The van der Waals surface area contributed by atoms with E-state index in [1.807, 2.05) is 0 Å². The molecule has 212 valence electrons. The van der Waals surface area contributed by atoms with E-state index in [9.17, 15) is 0 Å². The summed E-state index contributed by atoms with van der Waals surface area (Å²) in [6.45, 7) is 0.587. The summed E-state index contributed by atoms with van der Waals surface area (Å²) in [6, 6.07) is 22.9. The van der Waals surface area contributed by atoms with Gasteiger partial charge in [0, 0.05) is 30.5 Å². The van der Waals surface area contributed by atoms with E-state index in [1.165, 1.54) is 63.7 Å². The zero-order chi connectivity index (χ0) is 26.7. The number of fused-ring (bicyclic) bond motifs is 9. The number of ether oxygens (including phenoxy) is 2. The average Bonchev–Trinajstić information content (AvgIpc) is 3.41. The van der Waals surface area contributed by atoms with Crippen molar-refractivity contribution in [1.82, 2.24) is 9.80 Å². The Labute approximate surface area is 244 Å². The fraction of sp³-hybridized carbons (Fsp3) is 0.629. The molecule has 5 nitrogen and oxygen atoms in total. The number of rotatable bonds is 1. The van der Waals surface area contributed by atoms with Crippen molar-refractivity contribution in [2.24, 2.45) is 16.8 Å². The van der Waals surface area contributed by atoms with Crippen molar-refractivity contribution in [1.29, 1.82) is 0 Å². The molecule has 0 bridgehead atoms. The Hall–Kier alpha value is -2.63. The molecule has 6 fully saturated rings. The van der Waals surface area contributed by atoms with E-state index in [2.05, 4.69) is 64.4 Å². The lowest BCUT2D eigenvalue weighted by atomic mass is 9.23. The molecule has 11 unspecified atom stereocenters. The lowest BCUT2D eigenvalue weighted by Gasteiger charge is -2.68. The van der Waals surface area contributed by atoms with Crippen LogP contribution in [0.3, 0.4) is 0 Å². The standard InChI is InChI=1S/C35H42BN3O2/c1-2-10-22(11-3-1)36-23-18-17-21-9-8-14-27-33(21)34(23)39(35-37-25-12-4-5-13-26(25)38(27)35)28-20-32-31(19-24(28)36)40-29-15-6-7-16-30(29)41-32/h1-3,6-7,10-11,15-16,21,23-28,31-34H,4-5,8-9,12-14,17-20H2. The fourth-order valence-electron chi connectivity index (χ4n) is 11.7. The van der Waals surface area contributed by atoms with Crippen LogP contribution in [-0.4, -0.2) is 64.9 Å². The number of aliphatic imine (C=N–C) groups is 1. The first-order valence-corrected chi connectivity index (χ1v) is 17.0. The minimum atomic E-state index is 0.111. The molecule has 4 aliphatic carbocycles. The van der Waals surface area contributed by atoms with Crippen LogP contribution in [0.25, 0.3) is 0 Å². The Morgan fingerprint density at radius 2 is 1.41 bits per heavy atom. The number of para-hydroxylation sites is 2.